The highest BCUT2D eigenvalue weighted by molar-refractivity contribution is 5.84. The molecule has 0 unspecified atom stereocenters. The minimum Gasteiger partial charge on any atom is -0.497 e. The summed E-state index contributed by atoms with van der Waals surface area (Å²) in [4.78, 5) is 45.7. The minimum absolute atomic E-state index is 0.00517. The number of ether oxygens (including phenoxy) is 7. The second kappa shape index (κ2) is 23.8. The van der Waals surface area contributed by atoms with E-state index in [2.05, 4.69) is 27.2 Å². The van der Waals surface area contributed by atoms with Crippen molar-refractivity contribution < 1.29 is 38.0 Å². The number of rotatable bonds is 14. The van der Waals surface area contributed by atoms with Crippen LogP contribution in [0.5, 0.6) is 34.5 Å². The first-order valence-corrected chi connectivity index (χ1v) is 26.5. The number of nitrogens with one attached hydrogen (secondary N) is 1. The maximum Gasteiger partial charge on any atom is 0.410 e. The Balaban J connectivity index is 0.000000187. The molecule has 16 heteroatoms. The Morgan fingerprint density at radius 1 is 0.600 bits per heavy atom. The van der Waals surface area contributed by atoms with Crippen LogP contribution in [0.3, 0.4) is 0 Å². The minimum atomic E-state index is -0.586. The number of hydrogen-bond acceptors (Lipinski definition) is 13. The molecule has 0 radical (unpaired) electrons. The number of aryl methyl sites for hydroxylation is 2. The van der Waals surface area contributed by atoms with Gasteiger partial charge in [0.25, 0.3) is 11.1 Å². The molecule has 0 aliphatic carbocycles. The largest absolute Gasteiger partial charge is 0.497 e. The molecule has 1 N–H and O–H groups in total. The van der Waals surface area contributed by atoms with Gasteiger partial charge in [-0.05, 0) is 156 Å². The highest BCUT2D eigenvalue weighted by Crippen LogP contribution is 2.33. The van der Waals surface area contributed by atoms with E-state index in [1.54, 1.807) is 26.4 Å². The summed E-state index contributed by atoms with van der Waals surface area (Å²) in [5.41, 5.74) is 5.50. The Morgan fingerprint density at radius 2 is 1.07 bits per heavy atom. The summed E-state index contributed by atoms with van der Waals surface area (Å²) >= 11 is 0. The lowest BCUT2D eigenvalue weighted by Gasteiger charge is -2.39. The number of hydrogen-bond donors (Lipinski definition) is 1. The van der Waals surface area contributed by atoms with Gasteiger partial charge in [0.05, 0.1) is 25.3 Å². The zero-order chi connectivity index (χ0) is 52.6. The molecule has 2 aromatic heterocycles. The monoisotopic (exact) mass is 1030 g/mol. The Hall–Kier alpha value is -6.75. The maximum absolute atomic E-state index is 13.4. The van der Waals surface area contributed by atoms with Crippen molar-refractivity contribution in [2.75, 3.05) is 79.9 Å². The number of methoxy groups -OCH3 is 2. The van der Waals surface area contributed by atoms with Gasteiger partial charge in [0, 0.05) is 87.3 Å². The van der Waals surface area contributed by atoms with Gasteiger partial charge < -0.3 is 62.3 Å². The number of piperidine rings is 2. The lowest BCUT2D eigenvalue weighted by Crippen LogP contribution is -2.49. The number of carbonyl (C=O) groups excluding carboxylic acids is 1. The summed E-state index contributed by atoms with van der Waals surface area (Å²) in [7, 11) is 3.32. The van der Waals surface area contributed by atoms with Gasteiger partial charge >= 0.3 is 6.09 Å². The molecule has 4 aliphatic heterocycles. The van der Waals surface area contributed by atoms with Crippen molar-refractivity contribution in [1.82, 2.24) is 29.2 Å². The van der Waals surface area contributed by atoms with E-state index in [4.69, 9.17) is 33.2 Å². The van der Waals surface area contributed by atoms with E-state index in [-0.39, 0.29) is 23.3 Å². The van der Waals surface area contributed by atoms with Gasteiger partial charge in [0.2, 0.25) is 0 Å². The molecule has 2 saturated heterocycles. The zero-order valence-electron chi connectivity index (χ0n) is 44.8. The number of carbonyl (C=O) groups is 1. The number of fused-ring (bicyclic) bond motifs is 4. The predicted octanol–water partition coefficient (Wildman–Crippen LogP) is 8.34. The van der Waals surface area contributed by atoms with Gasteiger partial charge in [0.15, 0.2) is 23.0 Å². The van der Waals surface area contributed by atoms with Crippen LogP contribution in [0.25, 0.3) is 21.8 Å². The molecular formula is C59H74N6O10. The lowest BCUT2D eigenvalue weighted by atomic mass is 10.0. The topological polar surface area (TPSA) is 147 Å². The quantitative estimate of drug-likeness (QED) is 0.112. The first-order valence-electron chi connectivity index (χ1n) is 26.5. The second-order valence-corrected chi connectivity index (χ2v) is 21.0. The number of pyridine rings is 2. The van der Waals surface area contributed by atoms with Gasteiger partial charge in [-0.15, -0.1) is 0 Å². The highest BCUT2D eigenvalue weighted by Gasteiger charge is 2.32. The van der Waals surface area contributed by atoms with E-state index in [9.17, 15) is 14.4 Å². The number of amides is 1. The number of benzene rings is 4. The number of likely N-dealkylation sites (tertiary alicyclic amines) is 2. The molecule has 6 aromatic rings. The van der Waals surface area contributed by atoms with Crippen molar-refractivity contribution in [3.05, 3.63) is 128 Å². The van der Waals surface area contributed by atoms with Crippen molar-refractivity contribution in [1.29, 1.82) is 0 Å². The SMILES string of the molecule is COc1ccc2c(c1)c(C)cc(=O)n2CCN1CCC(N(Cc2ccc3c(c2)OCCO3)C(=O)OC(C)(C)C)CC1.COc1ccc2c(c1)c(C)cc(=O)n2CCN1CCC(NCc2ccc3c(c2)OCCO3)CC1. The molecule has 6 heterocycles. The fraction of sp³-hybridized carbons (Fsp3) is 0.475. The van der Waals surface area contributed by atoms with E-state index >= 15 is 0 Å². The van der Waals surface area contributed by atoms with Crippen molar-refractivity contribution in [2.24, 2.45) is 0 Å². The van der Waals surface area contributed by atoms with Crippen molar-refractivity contribution >= 4 is 27.9 Å². The molecule has 0 bridgehead atoms. The molecule has 1 amide bonds. The maximum atomic E-state index is 13.4. The third-order valence-electron chi connectivity index (χ3n) is 14.7. The van der Waals surface area contributed by atoms with E-state index in [1.807, 2.05) is 109 Å². The average Bonchev–Trinajstić information content (AvgIpc) is 3.41. The third-order valence-corrected chi connectivity index (χ3v) is 14.7. The Kier molecular flexibility index (Phi) is 16.9. The van der Waals surface area contributed by atoms with Gasteiger partial charge in [-0.25, -0.2) is 4.79 Å². The molecule has 4 aliphatic rings. The molecule has 400 valence electrons. The van der Waals surface area contributed by atoms with Gasteiger partial charge in [-0.2, -0.15) is 0 Å². The van der Waals surface area contributed by atoms with Crippen LogP contribution in [0, 0.1) is 13.8 Å². The number of nitrogens with zero attached hydrogens (tertiary/aromatic N) is 5. The summed E-state index contributed by atoms with van der Waals surface area (Å²) in [6, 6.07) is 27.8. The Morgan fingerprint density at radius 3 is 1.56 bits per heavy atom. The van der Waals surface area contributed by atoms with E-state index in [0.29, 0.717) is 57.9 Å². The molecule has 0 saturated carbocycles. The summed E-state index contributed by atoms with van der Waals surface area (Å²) in [5, 5.41) is 5.79. The van der Waals surface area contributed by atoms with Crippen LogP contribution in [0.1, 0.15) is 68.7 Å². The Bertz CT molecular complexity index is 3080. The van der Waals surface area contributed by atoms with E-state index < -0.39 is 5.60 Å². The molecule has 0 spiro atoms. The molecule has 4 aromatic carbocycles. The van der Waals surface area contributed by atoms with Crippen LogP contribution in [0.15, 0.2) is 94.5 Å². The van der Waals surface area contributed by atoms with Gasteiger partial charge in [-0.1, -0.05) is 12.1 Å². The van der Waals surface area contributed by atoms with Crippen molar-refractivity contribution in [2.45, 2.75) is 104 Å². The molecule has 0 atom stereocenters. The first-order chi connectivity index (χ1) is 36.2. The molecule has 75 heavy (non-hydrogen) atoms. The molecule has 2 fully saturated rings. The molecular weight excluding hydrogens is 953 g/mol. The van der Waals surface area contributed by atoms with Crippen LogP contribution in [0.2, 0.25) is 0 Å². The number of aromatic nitrogens is 2. The van der Waals surface area contributed by atoms with Crippen LogP contribution >= 0.6 is 0 Å². The van der Waals surface area contributed by atoms with Gasteiger partial charge in [-0.3, -0.25) is 9.59 Å². The zero-order valence-corrected chi connectivity index (χ0v) is 44.8. The standard InChI is InChI=1S/C32H41N3O6.C27H33N3O4/c1-22-18-30(36)34(27-8-7-25(38-5)20-26(22)27)15-14-33-12-10-24(11-13-33)35(31(37)41-32(2,3)4)21-23-6-9-28-29(19-23)40-17-16-39-28;1-19-15-27(31)30(24-5-4-22(32-2)17-23(19)24)12-11-29-9-7-21(8-10-29)28-18-20-3-6-25-26(16-20)34-14-13-33-25/h6-9,18-20,24H,10-17,21H2,1-5H3;3-6,15-17,21,28H,7-14,18H2,1-2H3. The predicted molar refractivity (Wildman–Crippen MR) is 291 cm³/mol. The first kappa shape index (κ1) is 53.1. The average molecular weight is 1030 g/mol. The fourth-order valence-corrected chi connectivity index (χ4v) is 10.6. The Labute approximate surface area is 439 Å². The van der Waals surface area contributed by atoms with Gasteiger partial charge in [0.1, 0.15) is 43.5 Å². The summed E-state index contributed by atoms with van der Waals surface area (Å²) in [6.07, 6.45) is 3.55. The van der Waals surface area contributed by atoms with E-state index in [1.165, 1.54) is 5.56 Å². The lowest BCUT2D eigenvalue weighted by molar-refractivity contribution is 0.00562. The van der Waals surface area contributed by atoms with Crippen LogP contribution < -0.4 is 44.9 Å². The summed E-state index contributed by atoms with van der Waals surface area (Å²) in [6.45, 7) is 19.8. The van der Waals surface area contributed by atoms with Crippen LogP contribution in [-0.2, 0) is 30.9 Å². The highest BCUT2D eigenvalue weighted by atomic mass is 16.6. The smallest absolute Gasteiger partial charge is 0.410 e. The van der Waals surface area contributed by atoms with Crippen molar-refractivity contribution in [3.63, 3.8) is 0 Å². The normalized spacial score (nSPS) is 16.3. The third kappa shape index (κ3) is 13.2. The van der Waals surface area contributed by atoms with Crippen LogP contribution in [0.4, 0.5) is 4.79 Å². The molecule has 10 rings (SSSR count). The van der Waals surface area contributed by atoms with E-state index in [0.717, 1.165) is 139 Å². The summed E-state index contributed by atoms with van der Waals surface area (Å²) < 4.78 is 43.1. The van der Waals surface area contributed by atoms with Crippen molar-refractivity contribution in [3.8, 4) is 34.5 Å². The fourth-order valence-electron chi connectivity index (χ4n) is 10.6. The van der Waals surface area contributed by atoms with Crippen LogP contribution in [-0.4, -0.2) is 128 Å². The summed E-state index contributed by atoms with van der Waals surface area (Å²) in [5.74, 6) is 4.72. The molecule has 16 nitrogen and oxygen atoms in total. The second-order valence-electron chi connectivity index (χ2n) is 21.0.